The number of benzene rings is 3. The Labute approximate surface area is 246 Å². The largest absolute Gasteiger partial charge is 0.508 e. The number of rotatable bonds is 7. The first-order valence-corrected chi connectivity index (χ1v) is 14.5. The Morgan fingerprint density at radius 1 is 1.10 bits per heavy atom. The Balaban J connectivity index is 1.37. The molecule has 2 unspecified atom stereocenters. The first-order chi connectivity index (χ1) is 20.0. The van der Waals surface area contributed by atoms with Gasteiger partial charge in [-0.2, -0.15) is 9.97 Å². The van der Waals surface area contributed by atoms with Crippen LogP contribution in [0.2, 0.25) is 5.02 Å². The number of phenols is 1. The maximum Gasteiger partial charge on any atom is 0.319 e. The number of anilines is 1. The van der Waals surface area contributed by atoms with Crippen LogP contribution in [0, 0.1) is 11.2 Å². The Hall–Kier alpha value is -3.34. The van der Waals surface area contributed by atoms with Gasteiger partial charge in [0.05, 0.1) is 10.4 Å². The van der Waals surface area contributed by atoms with Crippen molar-refractivity contribution in [3.63, 3.8) is 0 Å². The molecule has 1 aromatic heterocycles. The van der Waals surface area contributed by atoms with Crippen molar-refractivity contribution < 1.29 is 23.0 Å². The van der Waals surface area contributed by atoms with Crippen LogP contribution in [-0.4, -0.2) is 78.3 Å². The molecule has 2 aliphatic heterocycles. The van der Waals surface area contributed by atoms with Gasteiger partial charge in [0.1, 0.15) is 23.7 Å². The average Bonchev–Trinajstić information content (AvgIpc) is 3.30. The van der Waals surface area contributed by atoms with Crippen molar-refractivity contribution in [2.24, 2.45) is 5.41 Å². The highest BCUT2D eigenvalue weighted by Gasteiger charge is 2.71. The summed E-state index contributed by atoms with van der Waals surface area (Å²) < 4.78 is 51.5. The standard InChI is InChI=1S/C31H31ClF3N5O2/c1-39(2)15-30(14-31(30,34)35)16-42-29-37-27-23(28(38-29)40-12-18-7-8-19(13-40)36-18)11-24(32)25(26(27)33)22-10-20(41)9-17-5-3-4-6-21(17)22/h3-6,9-11,18-19,36,41H,7-8,12-16H2,1-2H3/t18?,19?,30-/m0/s1. The lowest BCUT2D eigenvalue weighted by molar-refractivity contribution is 0.0288. The zero-order valence-corrected chi connectivity index (χ0v) is 24.1. The molecule has 2 N–H and O–H groups in total. The molecule has 42 heavy (non-hydrogen) atoms. The Bertz CT molecular complexity index is 1710. The fraction of sp³-hybridized carbons (Fsp3) is 0.419. The molecule has 0 spiro atoms. The maximum absolute atomic E-state index is 16.7. The van der Waals surface area contributed by atoms with Gasteiger partial charge in [0, 0.05) is 49.1 Å². The Morgan fingerprint density at radius 3 is 2.50 bits per heavy atom. The monoisotopic (exact) mass is 597 g/mol. The van der Waals surface area contributed by atoms with Gasteiger partial charge in [0.2, 0.25) is 0 Å². The van der Waals surface area contributed by atoms with Crippen LogP contribution in [0.15, 0.2) is 42.5 Å². The smallest absolute Gasteiger partial charge is 0.319 e. The van der Waals surface area contributed by atoms with Crippen LogP contribution in [-0.2, 0) is 0 Å². The van der Waals surface area contributed by atoms with E-state index < -0.39 is 17.2 Å². The molecule has 3 heterocycles. The first kappa shape index (κ1) is 27.5. The minimum absolute atomic E-state index is 0.0167. The lowest BCUT2D eigenvalue weighted by atomic mass is 9.96. The summed E-state index contributed by atoms with van der Waals surface area (Å²) in [7, 11) is 3.48. The molecule has 2 bridgehead atoms. The summed E-state index contributed by atoms with van der Waals surface area (Å²) in [5.41, 5.74) is -0.866. The van der Waals surface area contributed by atoms with E-state index in [1.165, 1.54) is 6.07 Å². The number of aromatic nitrogens is 2. The van der Waals surface area contributed by atoms with Gasteiger partial charge in [-0.05, 0) is 61.5 Å². The van der Waals surface area contributed by atoms with Crippen LogP contribution < -0.4 is 15.0 Å². The number of phenolic OH excluding ortho intramolecular Hbond substituents is 1. The number of halogens is 4. The summed E-state index contributed by atoms with van der Waals surface area (Å²) in [5.74, 6) is -3.12. The third kappa shape index (κ3) is 4.60. The second kappa shape index (κ2) is 9.86. The molecule has 0 radical (unpaired) electrons. The molecule has 1 aliphatic carbocycles. The fourth-order valence-corrected chi connectivity index (χ4v) is 7.04. The molecule has 7 nitrogen and oxygen atoms in total. The number of alkyl halides is 2. The third-order valence-electron chi connectivity index (χ3n) is 8.78. The van der Waals surface area contributed by atoms with E-state index in [0.717, 1.165) is 18.2 Å². The summed E-state index contributed by atoms with van der Waals surface area (Å²) >= 11 is 6.80. The second-order valence-electron chi connectivity index (χ2n) is 12.2. The normalized spacial score (nSPS) is 24.6. The van der Waals surface area contributed by atoms with E-state index in [4.69, 9.17) is 16.3 Å². The predicted molar refractivity (Wildman–Crippen MR) is 157 cm³/mol. The Kier molecular flexibility index (Phi) is 6.45. The second-order valence-corrected chi connectivity index (χ2v) is 12.6. The summed E-state index contributed by atoms with van der Waals surface area (Å²) in [5, 5.41) is 16.0. The molecule has 2 saturated heterocycles. The SMILES string of the molecule is CN(C)C[C@]1(COc2nc(N3CC4CCC(C3)N4)c3cc(Cl)c(-c4cc(O)cc5ccccc45)c(F)c3n2)CC1(F)F. The van der Waals surface area contributed by atoms with Gasteiger partial charge in [0.15, 0.2) is 5.82 Å². The van der Waals surface area contributed by atoms with Crippen LogP contribution in [0.3, 0.4) is 0 Å². The molecule has 3 atom stereocenters. The van der Waals surface area contributed by atoms with Crippen molar-refractivity contribution >= 4 is 39.1 Å². The van der Waals surface area contributed by atoms with Gasteiger partial charge < -0.3 is 25.0 Å². The molecule has 7 rings (SSSR count). The third-order valence-corrected chi connectivity index (χ3v) is 9.08. The van der Waals surface area contributed by atoms with Crippen molar-refractivity contribution in [2.75, 3.05) is 45.2 Å². The minimum Gasteiger partial charge on any atom is -0.508 e. The molecule has 3 aromatic carbocycles. The predicted octanol–water partition coefficient (Wildman–Crippen LogP) is 5.85. The van der Waals surface area contributed by atoms with Crippen molar-refractivity contribution in [1.82, 2.24) is 20.2 Å². The molecule has 0 amide bonds. The number of hydrogen-bond donors (Lipinski definition) is 2. The summed E-state index contributed by atoms with van der Waals surface area (Å²) in [4.78, 5) is 12.9. The number of nitrogens with zero attached hydrogens (tertiary/aromatic N) is 4. The summed E-state index contributed by atoms with van der Waals surface area (Å²) in [6.07, 6.45) is 1.76. The highest BCUT2D eigenvalue weighted by molar-refractivity contribution is 6.35. The van der Waals surface area contributed by atoms with E-state index in [9.17, 15) is 13.9 Å². The van der Waals surface area contributed by atoms with E-state index >= 15 is 4.39 Å². The number of nitrogens with one attached hydrogen (secondary N) is 1. The fourth-order valence-electron chi connectivity index (χ4n) is 6.75. The van der Waals surface area contributed by atoms with Gasteiger partial charge in [-0.1, -0.05) is 35.9 Å². The molecule has 1 saturated carbocycles. The van der Waals surface area contributed by atoms with Gasteiger partial charge in [-0.25, -0.2) is 13.2 Å². The van der Waals surface area contributed by atoms with Crippen LogP contribution in [0.1, 0.15) is 19.3 Å². The van der Waals surface area contributed by atoms with Gasteiger partial charge in [-0.3, -0.25) is 0 Å². The van der Waals surface area contributed by atoms with Crippen LogP contribution in [0.25, 0.3) is 32.8 Å². The molecule has 11 heteroatoms. The maximum atomic E-state index is 16.7. The van der Waals surface area contributed by atoms with Gasteiger partial charge in [-0.15, -0.1) is 0 Å². The van der Waals surface area contributed by atoms with Crippen molar-refractivity contribution in [3.8, 4) is 22.9 Å². The van der Waals surface area contributed by atoms with E-state index in [0.29, 0.717) is 35.2 Å². The first-order valence-electron chi connectivity index (χ1n) is 14.1. The van der Waals surface area contributed by atoms with Crippen molar-refractivity contribution in [3.05, 3.63) is 53.3 Å². The Morgan fingerprint density at radius 2 is 1.81 bits per heavy atom. The quantitative estimate of drug-likeness (QED) is 0.277. The van der Waals surface area contributed by atoms with Crippen molar-refractivity contribution in [1.29, 1.82) is 0 Å². The lowest BCUT2D eigenvalue weighted by Gasteiger charge is -2.34. The lowest BCUT2D eigenvalue weighted by Crippen LogP contribution is -2.51. The van der Waals surface area contributed by atoms with Crippen molar-refractivity contribution in [2.45, 2.75) is 37.3 Å². The number of ether oxygens (including phenoxy) is 1. The van der Waals surface area contributed by atoms with Crippen LogP contribution in [0.4, 0.5) is 19.0 Å². The topological polar surface area (TPSA) is 73.8 Å². The van der Waals surface area contributed by atoms with E-state index in [1.54, 1.807) is 31.1 Å². The molecule has 3 aliphatic rings. The summed E-state index contributed by atoms with van der Waals surface area (Å²) in [6, 6.07) is 12.4. The zero-order valence-electron chi connectivity index (χ0n) is 23.3. The average molecular weight is 598 g/mol. The number of piperazine rings is 1. The van der Waals surface area contributed by atoms with Crippen LogP contribution in [0.5, 0.6) is 11.8 Å². The zero-order chi connectivity index (χ0) is 29.4. The highest BCUT2D eigenvalue weighted by Crippen LogP contribution is 2.60. The number of aromatic hydroxyl groups is 1. The van der Waals surface area contributed by atoms with E-state index in [-0.39, 0.29) is 59.5 Å². The molecule has 220 valence electrons. The van der Waals surface area contributed by atoms with Gasteiger partial charge in [0.25, 0.3) is 5.92 Å². The number of hydrogen-bond acceptors (Lipinski definition) is 7. The van der Waals surface area contributed by atoms with Crippen LogP contribution >= 0.6 is 11.6 Å². The van der Waals surface area contributed by atoms with Gasteiger partial charge >= 0.3 is 6.01 Å². The molecular weight excluding hydrogens is 567 g/mol. The molecule has 3 fully saturated rings. The number of fused-ring (bicyclic) bond motifs is 4. The van der Waals surface area contributed by atoms with E-state index in [1.807, 2.05) is 24.3 Å². The highest BCUT2D eigenvalue weighted by atomic mass is 35.5. The minimum atomic E-state index is -2.86. The molecular formula is C31H31ClF3N5O2. The molecule has 4 aromatic rings. The van der Waals surface area contributed by atoms with E-state index in [2.05, 4.69) is 20.2 Å². The summed E-state index contributed by atoms with van der Waals surface area (Å²) in [6.45, 7) is 1.15.